The van der Waals surface area contributed by atoms with Crippen molar-refractivity contribution in [3.05, 3.63) is 88.1 Å². The third-order valence-corrected chi connectivity index (χ3v) is 7.19. The molecule has 3 aromatic rings. The summed E-state index contributed by atoms with van der Waals surface area (Å²) in [5.74, 6) is 0.542. The molecule has 2 N–H and O–H groups in total. The second-order valence-electron chi connectivity index (χ2n) is 10.8. The number of alkyl halides is 6. The van der Waals surface area contributed by atoms with Gasteiger partial charge < -0.3 is 15.4 Å². The molecule has 0 saturated heterocycles. The summed E-state index contributed by atoms with van der Waals surface area (Å²) >= 11 is 0. The molecular formula is C31H34F6N4O2. The van der Waals surface area contributed by atoms with Gasteiger partial charge >= 0.3 is 18.4 Å². The Kier molecular flexibility index (Phi) is 9.58. The van der Waals surface area contributed by atoms with Crippen LogP contribution in [0.5, 0.6) is 0 Å². The lowest BCUT2D eigenvalue weighted by atomic mass is 9.92. The van der Waals surface area contributed by atoms with Gasteiger partial charge in [-0.25, -0.2) is 9.78 Å². The first-order valence-electron chi connectivity index (χ1n) is 14.0. The monoisotopic (exact) mass is 608 g/mol. The molecule has 1 aliphatic rings. The van der Waals surface area contributed by atoms with E-state index in [-0.39, 0.29) is 30.3 Å². The van der Waals surface area contributed by atoms with E-state index in [0.29, 0.717) is 48.7 Å². The molecule has 43 heavy (non-hydrogen) atoms. The number of carbonyl (C=O) groups excluding carboxylic acids is 1. The number of nitrogens with one attached hydrogen (secondary N) is 2. The first kappa shape index (κ1) is 32.1. The van der Waals surface area contributed by atoms with Gasteiger partial charge in [-0.1, -0.05) is 37.3 Å². The quantitative estimate of drug-likeness (QED) is 0.252. The van der Waals surface area contributed by atoms with E-state index in [1.165, 1.54) is 0 Å². The molecular weight excluding hydrogens is 574 g/mol. The second-order valence-corrected chi connectivity index (χ2v) is 10.8. The minimum Gasteiger partial charge on any atom is -0.446 e. The largest absolute Gasteiger partial charge is 0.446 e. The maximum atomic E-state index is 13.5. The van der Waals surface area contributed by atoms with Gasteiger partial charge in [-0.05, 0) is 74.6 Å². The lowest BCUT2D eigenvalue weighted by Crippen LogP contribution is -2.48. The SMILES string of the molecule is CC[C@H]1C[C@@H](NCc2cc(C(F)(F)F)cc(C(F)(F)F)c2)c2nc(NCc3ccccc3)c(C)cc2N1C(=O)OC(C)C. The van der Waals surface area contributed by atoms with Gasteiger partial charge in [0.1, 0.15) is 5.82 Å². The number of aryl methyl sites for hydroxylation is 1. The fraction of sp³-hybridized carbons (Fsp3) is 0.419. The van der Waals surface area contributed by atoms with Crippen molar-refractivity contribution in [3.8, 4) is 0 Å². The topological polar surface area (TPSA) is 66.5 Å². The number of fused-ring (bicyclic) bond motifs is 1. The van der Waals surface area contributed by atoms with Crippen LogP contribution in [0.2, 0.25) is 0 Å². The average molecular weight is 609 g/mol. The van der Waals surface area contributed by atoms with Gasteiger partial charge in [0.05, 0.1) is 34.7 Å². The van der Waals surface area contributed by atoms with Crippen LogP contribution in [0.4, 0.5) is 42.6 Å². The van der Waals surface area contributed by atoms with E-state index in [0.717, 1.165) is 11.1 Å². The second kappa shape index (κ2) is 12.8. The van der Waals surface area contributed by atoms with E-state index in [4.69, 9.17) is 9.72 Å². The summed E-state index contributed by atoms with van der Waals surface area (Å²) in [5, 5.41) is 6.43. The molecule has 0 bridgehead atoms. The number of amides is 1. The number of carbonyl (C=O) groups is 1. The maximum Gasteiger partial charge on any atom is 0.416 e. The van der Waals surface area contributed by atoms with Gasteiger partial charge in [-0.3, -0.25) is 4.90 Å². The maximum absolute atomic E-state index is 13.5. The Balaban J connectivity index is 1.71. The van der Waals surface area contributed by atoms with Crippen molar-refractivity contribution in [2.75, 3.05) is 10.2 Å². The summed E-state index contributed by atoms with van der Waals surface area (Å²) in [6, 6.07) is 12.0. The van der Waals surface area contributed by atoms with Crippen LogP contribution in [0, 0.1) is 6.92 Å². The third-order valence-electron chi connectivity index (χ3n) is 7.19. The normalized spacial score (nSPS) is 17.1. The van der Waals surface area contributed by atoms with Crippen LogP contribution >= 0.6 is 0 Å². The van der Waals surface area contributed by atoms with Crippen molar-refractivity contribution in [1.29, 1.82) is 0 Å². The molecule has 2 atom stereocenters. The minimum atomic E-state index is -4.95. The van der Waals surface area contributed by atoms with E-state index in [2.05, 4.69) is 10.6 Å². The van der Waals surface area contributed by atoms with E-state index in [1.54, 1.807) is 24.8 Å². The lowest BCUT2D eigenvalue weighted by Gasteiger charge is -2.40. The van der Waals surface area contributed by atoms with Crippen LogP contribution in [-0.4, -0.2) is 23.2 Å². The molecule has 0 radical (unpaired) electrons. The number of halogens is 6. The number of aromatic nitrogens is 1. The number of benzene rings is 2. The third kappa shape index (κ3) is 7.78. The highest BCUT2D eigenvalue weighted by molar-refractivity contribution is 5.90. The highest BCUT2D eigenvalue weighted by Gasteiger charge is 2.39. The van der Waals surface area contributed by atoms with Gasteiger partial charge in [0.2, 0.25) is 0 Å². The lowest BCUT2D eigenvalue weighted by molar-refractivity contribution is -0.143. The smallest absolute Gasteiger partial charge is 0.416 e. The predicted octanol–water partition coefficient (Wildman–Crippen LogP) is 8.40. The molecule has 1 aromatic heterocycles. The van der Waals surface area contributed by atoms with Gasteiger partial charge in [0, 0.05) is 19.1 Å². The number of anilines is 2. The zero-order valence-corrected chi connectivity index (χ0v) is 24.2. The van der Waals surface area contributed by atoms with Gasteiger partial charge in [0.15, 0.2) is 0 Å². The molecule has 6 nitrogen and oxygen atoms in total. The summed E-state index contributed by atoms with van der Waals surface area (Å²) in [6.45, 7) is 7.38. The van der Waals surface area contributed by atoms with Crippen molar-refractivity contribution in [3.63, 3.8) is 0 Å². The molecule has 1 aliphatic heterocycles. The molecule has 1 amide bonds. The summed E-state index contributed by atoms with van der Waals surface area (Å²) in [7, 11) is 0. The fourth-order valence-electron chi connectivity index (χ4n) is 5.11. The standard InChI is InChI=1S/C31H34F6N4O2/c1-5-24-15-25(38-17-21-12-22(30(32,33)34)14-23(13-21)31(35,36)37)27-26(41(24)29(42)43-18(2)3)11-19(4)28(40-27)39-16-20-9-7-6-8-10-20/h6-14,18,24-25,38H,5,15-17H2,1-4H3,(H,39,40)/t24-,25+/m0/s1. The van der Waals surface area contributed by atoms with Gasteiger partial charge in [0.25, 0.3) is 0 Å². The first-order chi connectivity index (χ1) is 20.2. The summed E-state index contributed by atoms with van der Waals surface area (Å²) in [5.41, 5.74) is -0.252. The summed E-state index contributed by atoms with van der Waals surface area (Å²) in [6.07, 6.45) is -9.99. The fourth-order valence-corrected chi connectivity index (χ4v) is 5.11. The molecule has 0 spiro atoms. The molecule has 232 valence electrons. The Morgan fingerprint density at radius 1 is 0.977 bits per heavy atom. The summed E-state index contributed by atoms with van der Waals surface area (Å²) in [4.78, 5) is 19.6. The van der Waals surface area contributed by atoms with Crippen molar-refractivity contribution in [2.45, 2.75) is 84.2 Å². The number of nitrogens with zero attached hydrogens (tertiary/aromatic N) is 2. The van der Waals surface area contributed by atoms with Crippen molar-refractivity contribution >= 4 is 17.6 Å². The van der Waals surface area contributed by atoms with E-state index in [9.17, 15) is 31.1 Å². The van der Waals surface area contributed by atoms with Crippen molar-refractivity contribution in [2.24, 2.45) is 0 Å². The van der Waals surface area contributed by atoms with Crippen LogP contribution < -0.4 is 15.5 Å². The number of ether oxygens (including phenoxy) is 1. The Labute approximate surface area is 246 Å². The Bertz CT molecular complexity index is 1390. The highest BCUT2D eigenvalue weighted by atomic mass is 19.4. The zero-order chi connectivity index (χ0) is 31.5. The van der Waals surface area contributed by atoms with E-state index in [1.807, 2.05) is 44.2 Å². The summed E-state index contributed by atoms with van der Waals surface area (Å²) < 4.78 is 86.3. The van der Waals surface area contributed by atoms with E-state index >= 15 is 0 Å². The molecule has 2 aromatic carbocycles. The zero-order valence-electron chi connectivity index (χ0n) is 24.2. The van der Waals surface area contributed by atoms with Crippen LogP contribution in [0.25, 0.3) is 0 Å². The van der Waals surface area contributed by atoms with E-state index < -0.39 is 35.6 Å². The molecule has 0 saturated carbocycles. The Morgan fingerprint density at radius 3 is 2.16 bits per heavy atom. The molecule has 12 heteroatoms. The number of hydrogen-bond donors (Lipinski definition) is 2. The molecule has 0 aliphatic carbocycles. The molecule has 4 rings (SSSR count). The van der Waals surface area contributed by atoms with Gasteiger partial charge in [-0.15, -0.1) is 0 Å². The predicted molar refractivity (Wildman–Crippen MR) is 152 cm³/mol. The van der Waals surface area contributed by atoms with Crippen LogP contribution in [-0.2, 0) is 30.2 Å². The van der Waals surface area contributed by atoms with Gasteiger partial charge in [-0.2, -0.15) is 26.3 Å². The van der Waals surface area contributed by atoms with Crippen LogP contribution in [0.15, 0.2) is 54.6 Å². The average Bonchev–Trinajstić information content (AvgIpc) is 2.93. The highest BCUT2D eigenvalue weighted by Crippen LogP contribution is 2.41. The number of pyridine rings is 1. The minimum absolute atomic E-state index is 0.111. The Hall–Kier alpha value is -3.80. The first-order valence-corrected chi connectivity index (χ1v) is 14.0. The molecule has 0 unspecified atom stereocenters. The number of rotatable bonds is 8. The molecule has 0 fully saturated rings. The molecule has 2 heterocycles. The Morgan fingerprint density at radius 2 is 1.60 bits per heavy atom. The van der Waals surface area contributed by atoms with Crippen molar-refractivity contribution in [1.82, 2.24) is 10.3 Å². The van der Waals surface area contributed by atoms with Crippen LogP contribution in [0.3, 0.4) is 0 Å². The van der Waals surface area contributed by atoms with Crippen LogP contribution in [0.1, 0.15) is 73.2 Å². The van der Waals surface area contributed by atoms with Crippen molar-refractivity contribution < 1.29 is 35.9 Å². The number of hydrogen-bond acceptors (Lipinski definition) is 5.